The van der Waals surface area contributed by atoms with E-state index in [4.69, 9.17) is 11.6 Å². The number of hydrogen-bond acceptors (Lipinski definition) is 3. The predicted octanol–water partition coefficient (Wildman–Crippen LogP) is 4.77. The molecule has 6 heteroatoms. The zero-order valence-electron chi connectivity index (χ0n) is 18.4. The van der Waals surface area contributed by atoms with E-state index in [2.05, 4.69) is 34.4 Å². The van der Waals surface area contributed by atoms with Gasteiger partial charge in [-0.2, -0.15) is 5.10 Å². The second-order valence-electron chi connectivity index (χ2n) is 8.53. The van der Waals surface area contributed by atoms with Crippen molar-refractivity contribution in [3.8, 4) is 0 Å². The van der Waals surface area contributed by atoms with Crippen molar-refractivity contribution in [1.82, 2.24) is 15.1 Å². The quantitative estimate of drug-likeness (QED) is 0.605. The molecule has 31 heavy (non-hydrogen) atoms. The van der Waals surface area contributed by atoms with Crippen molar-refractivity contribution in [3.05, 3.63) is 81.6 Å². The summed E-state index contributed by atoms with van der Waals surface area (Å²) in [5.74, 6) is 0.410. The van der Waals surface area contributed by atoms with Crippen LogP contribution >= 0.6 is 11.6 Å². The Morgan fingerprint density at radius 2 is 2.00 bits per heavy atom. The van der Waals surface area contributed by atoms with Crippen molar-refractivity contribution in [1.29, 1.82) is 0 Å². The van der Waals surface area contributed by atoms with Crippen molar-refractivity contribution in [3.63, 3.8) is 0 Å². The van der Waals surface area contributed by atoms with E-state index in [1.807, 2.05) is 54.9 Å². The highest BCUT2D eigenvalue weighted by molar-refractivity contribution is 6.30. The molecule has 3 aromatic rings. The van der Waals surface area contributed by atoms with Gasteiger partial charge in [0.05, 0.1) is 12.2 Å². The molecule has 1 aromatic heterocycles. The summed E-state index contributed by atoms with van der Waals surface area (Å²) in [5, 5.41) is 8.41. The summed E-state index contributed by atoms with van der Waals surface area (Å²) in [7, 11) is 0. The molecule has 1 N–H and O–H groups in total. The van der Waals surface area contributed by atoms with Gasteiger partial charge in [0.25, 0.3) is 5.91 Å². The number of carbonyl (C=O) groups is 1. The average molecular weight is 437 g/mol. The second kappa shape index (κ2) is 9.15. The van der Waals surface area contributed by atoms with Crippen LogP contribution in [0.3, 0.4) is 0 Å². The number of rotatable bonds is 6. The number of carbonyl (C=O) groups excluding carboxylic acids is 1. The Bertz CT molecular complexity index is 1090. The first-order valence-corrected chi connectivity index (χ1v) is 11.2. The normalized spacial score (nSPS) is 16.0. The zero-order valence-corrected chi connectivity index (χ0v) is 19.1. The Morgan fingerprint density at radius 3 is 2.77 bits per heavy atom. The fourth-order valence-electron chi connectivity index (χ4n) is 4.30. The van der Waals surface area contributed by atoms with Gasteiger partial charge in [-0.3, -0.25) is 9.48 Å². The van der Waals surface area contributed by atoms with E-state index in [0.717, 1.165) is 41.5 Å². The highest BCUT2D eigenvalue weighted by Crippen LogP contribution is 2.29. The Morgan fingerprint density at radius 1 is 1.16 bits per heavy atom. The molecule has 1 unspecified atom stereocenters. The smallest absolute Gasteiger partial charge is 0.251 e. The molecule has 4 rings (SSSR count). The van der Waals surface area contributed by atoms with Gasteiger partial charge in [0.1, 0.15) is 0 Å². The number of aromatic nitrogens is 2. The lowest BCUT2D eigenvalue weighted by Gasteiger charge is -2.21. The van der Waals surface area contributed by atoms with E-state index >= 15 is 0 Å². The Balaban J connectivity index is 1.34. The maximum atomic E-state index is 12.8. The summed E-state index contributed by atoms with van der Waals surface area (Å²) >= 11 is 6.19. The summed E-state index contributed by atoms with van der Waals surface area (Å²) in [6.45, 7) is 9.41. The third kappa shape index (κ3) is 5.10. The number of aryl methyl sites for hydroxylation is 3. The van der Waals surface area contributed by atoms with Gasteiger partial charge in [-0.05, 0) is 74.6 Å². The zero-order chi connectivity index (χ0) is 22.0. The topological polar surface area (TPSA) is 50.2 Å². The third-order valence-corrected chi connectivity index (χ3v) is 6.21. The molecule has 1 aliphatic heterocycles. The van der Waals surface area contributed by atoms with E-state index in [9.17, 15) is 4.79 Å². The fourth-order valence-corrected chi connectivity index (χ4v) is 4.47. The lowest BCUT2D eigenvalue weighted by Crippen LogP contribution is -2.31. The maximum Gasteiger partial charge on any atom is 0.251 e. The molecule has 0 radical (unpaired) electrons. The van der Waals surface area contributed by atoms with Crippen LogP contribution in [-0.2, 0) is 6.54 Å². The molecule has 0 bridgehead atoms. The number of benzene rings is 2. The molecule has 1 amide bonds. The number of nitrogens with one attached hydrogen (secondary N) is 1. The molecule has 0 spiro atoms. The number of amides is 1. The fraction of sp³-hybridized carbons (Fsp3) is 0.360. The molecular formula is C25H29ClN4O. The molecule has 162 valence electrons. The van der Waals surface area contributed by atoms with Crippen molar-refractivity contribution in [2.45, 2.75) is 33.7 Å². The van der Waals surface area contributed by atoms with Gasteiger partial charge >= 0.3 is 0 Å². The third-order valence-electron chi connectivity index (χ3n) is 5.97. The average Bonchev–Trinajstić information content (AvgIpc) is 3.34. The van der Waals surface area contributed by atoms with Gasteiger partial charge in [0, 0.05) is 41.6 Å². The van der Waals surface area contributed by atoms with Crippen LogP contribution in [0.5, 0.6) is 0 Å². The van der Waals surface area contributed by atoms with E-state index in [1.165, 1.54) is 11.3 Å². The van der Waals surface area contributed by atoms with Gasteiger partial charge in [-0.25, -0.2) is 0 Å². The van der Waals surface area contributed by atoms with E-state index in [1.54, 1.807) is 0 Å². The molecule has 1 fully saturated rings. The molecular weight excluding hydrogens is 408 g/mol. The highest BCUT2D eigenvalue weighted by atomic mass is 35.5. The lowest BCUT2D eigenvalue weighted by atomic mass is 10.1. The first-order valence-electron chi connectivity index (χ1n) is 10.8. The predicted molar refractivity (Wildman–Crippen MR) is 126 cm³/mol. The van der Waals surface area contributed by atoms with E-state index in [-0.39, 0.29) is 5.91 Å². The number of nitrogens with zero attached hydrogens (tertiary/aromatic N) is 3. The molecule has 1 aliphatic rings. The number of anilines is 1. The molecule has 2 heterocycles. The molecule has 0 saturated carbocycles. The minimum atomic E-state index is -0.0207. The standard InChI is InChI=1S/C25H29ClN4O/c1-17-7-8-23(26)13-24(17)29-10-9-21(15-29)14-27-25(31)22-6-4-5-20(12-22)16-30-19(3)11-18(2)28-30/h4-8,11-13,21H,9-10,14-16H2,1-3H3,(H,27,31). The molecule has 5 nitrogen and oxygen atoms in total. The highest BCUT2D eigenvalue weighted by Gasteiger charge is 2.24. The first kappa shape index (κ1) is 21.4. The van der Waals surface area contributed by atoms with E-state index in [0.29, 0.717) is 24.6 Å². The van der Waals surface area contributed by atoms with Crippen LogP contribution in [0.25, 0.3) is 0 Å². The van der Waals surface area contributed by atoms with Gasteiger partial charge in [0.2, 0.25) is 0 Å². The number of halogens is 1. The van der Waals surface area contributed by atoms with Crippen molar-refractivity contribution in [2.75, 3.05) is 24.5 Å². The van der Waals surface area contributed by atoms with E-state index < -0.39 is 0 Å². The second-order valence-corrected chi connectivity index (χ2v) is 8.96. The monoisotopic (exact) mass is 436 g/mol. The van der Waals surface area contributed by atoms with Gasteiger partial charge in [-0.15, -0.1) is 0 Å². The molecule has 0 aliphatic carbocycles. The summed E-state index contributed by atoms with van der Waals surface area (Å²) in [5.41, 5.74) is 6.31. The van der Waals surface area contributed by atoms with Gasteiger partial charge in [0.15, 0.2) is 0 Å². The Hall–Kier alpha value is -2.79. The number of hydrogen-bond donors (Lipinski definition) is 1. The summed E-state index contributed by atoms with van der Waals surface area (Å²) < 4.78 is 1.97. The molecule has 1 saturated heterocycles. The van der Waals surface area contributed by atoms with Crippen LogP contribution in [0.4, 0.5) is 5.69 Å². The van der Waals surface area contributed by atoms with Gasteiger partial charge < -0.3 is 10.2 Å². The summed E-state index contributed by atoms with van der Waals surface area (Å²) in [6, 6.07) is 15.9. The largest absolute Gasteiger partial charge is 0.371 e. The minimum Gasteiger partial charge on any atom is -0.371 e. The van der Waals surface area contributed by atoms with Crippen LogP contribution in [0.1, 0.15) is 39.3 Å². The van der Waals surface area contributed by atoms with Crippen LogP contribution in [0.2, 0.25) is 5.02 Å². The van der Waals surface area contributed by atoms with Crippen molar-refractivity contribution in [2.24, 2.45) is 5.92 Å². The first-order chi connectivity index (χ1) is 14.9. The minimum absolute atomic E-state index is 0.0207. The Kier molecular flexibility index (Phi) is 6.33. The Labute approximate surface area is 189 Å². The van der Waals surface area contributed by atoms with Crippen LogP contribution < -0.4 is 10.2 Å². The molecule has 2 aromatic carbocycles. The SMILES string of the molecule is Cc1cc(C)n(Cc2cccc(C(=O)NCC3CCN(c4cc(Cl)ccc4C)C3)c2)n1. The van der Waals surface area contributed by atoms with Crippen LogP contribution in [0, 0.1) is 26.7 Å². The molecule has 1 atom stereocenters. The summed E-state index contributed by atoms with van der Waals surface area (Å²) in [6.07, 6.45) is 1.06. The van der Waals surface area contributed by atoms with Crippen molar-refractivity contribution >= 4 is 23.2 Å². The lowest BCUT2D eigenvalue weighted by molar-refractivity contribution is 0.0948. The van der Waals surface area contributed by atoms with Gasteiger partial charge in [-0.1, -0.05) is 29.8 Å². The van der Waals surface area contributed by atoms with Crippen molar-refractivity contribution < 1.29 is 4.79 Å². The van der Waals surface area contributed by atoms with Crippen LogP contribution in [0.15, 0.2) is 48.5 Å². The maximum absolute atomic E-state index is 12.8. The summed E-state index contributed by atoms with van der Waals surface area (Å²) in [4.78, 5) is 15.1. The van der Waals surface area contributed by atoms with Crippen LogP contribution in [-0.4, -0.2) is 35.3 Å².